The highest BCUT2D eigenvalue weighted by atomic mass is 35.5. The van der Waals surface area contributed by atoms with Gasteiger partial charge in [0.1, 0.15) is 6.04 Å². The summed E-state index contributed by atoms with van der Waals surface area (Å²) in [4.78, 5) is 36.5. The number of carbonyl (C=O) groups is 3. The molecule has 5 nitrogen and oxygen atoms in total. The van der Waals surface area contributed by atoms with Crippen LogP contribution in [0.2, 0.25) is 4.34 Å². The van der Waals surface area contributed by atoms with Crippen molar-refractivity contribution in [2.24, 2.45) is 0 Å². The van der Waals surface area contributed by atoms with Crippen molar-refractivity contribution in [1.29, 1.82) is 0 Å². The Kier molecular flexibility index (Phi) is 7.16. The van der Waals surface area contributed by atoms with Crippen LogP contribution in [0.25, 0.3) is 0 Å². The van der Waals surface area contributed by atoms with E-state index in [-0.39, 0.29) is 24.5 Å². The number of ketones is 1. The zero-order chi connectivity index (χ0) is 18.2. The van der Waals surface area contributed by atoms with Gasteiger partial charge in [-0.1, -0.05) is 41.9 Å². The highest BCUT2D eigenvalue weighted by Gasteiger charge is 2.22. The zero-order valence-corrected chi connectivity index (χ0v) is 15.2. The minimum atomic E-state index is -0.786. The Morgan fingerprint density at radius 3 is 2.44 bits per heavy atom. The van der Waals surface area contributed by atoms with Crippen LogP contribution in [0, 0.1) is 0 Å². The van der Waals surface area contributed by atoms with Gasteiger partial charge in [0.25, 0.3) is 0 Å². The van der Waals surface area contributed by atoms with Gasteiger partial charge in [0.2, 0.25) is 5.91 Å². The Balaban J connectivity index is 1.90. The van der Waals surface area contributed by atoms with Crippen LogP contribution in [0.15, 0.2) is 42.5 Å². The number of hydrogen-bond donors (Lipinski definition) is 1. The number of ether oxygens (including phenoxy) is 1. The summed E-state index contributed by atoms with van der Waals surface area (Å²) < 4.78 is 5.28. The monoisotopic (exact) mass is 379 g/mol. The summed E-state index contributed by atoms with van der Waals surface area (Å²) in [6.45, 7) is 0. The number of nitrogens with one attached hydrogen (secondary N) is 1. The predicted molar refractivity (Wildman–Crippen MR) is 97.0 cm³/mol. The van der Waals surface area contributed by atoms with Crippen LogP contribution in [-0.4, -0.2) is 30.8 Å². The first kappa shape index (κ1) is 19.1. The van der Waals surface area contributed by atoms with Gasteiger partial charge < -0.3 is 10.1 Å². The minimum Gasteiger partial charge on any atom is -0.467 e. The van der Waals surface area contributed by atoms with Crippen molar-refractivity contribution in [3.05, 3.63) is 57.2 Å². The van der Waals surface area contributed by atoms with Crippen LogP contribution < -0.4 is 5.32 Å². The first-order chi connectivity index (χ1) is 12.0. The molecule has 1 unspecified atom stereocenters. The number of benzene rings is 1. The summed E-state index contributed by atoms with van der Waals surface area (Å²) in [5.41, 5.74) is 0.905. The Morgan fingerprint density at radius 2 is 1.84 bits per heavy atom. The molecule has 0 bridgehead atoms. The molecule has 0 saturated heterocycles. The average molecular weight is 380 g/mol. The summed E-state index contributed by atoms with van der Waals surface area (Å²) in [7, 11) is 1.27. The molecule has 1 atom stereocenters. The van der Waals surface area contributed by atoms with Crippen LogP contribution in [0.5, 0.6) is 0 Å². The molecule has 1 N–H and O–H groups in total. The van der Waals surface area contributed by atoms with Crippen LogP contribution in [0.1, 0.15) is 28.1 Å². The maximum Gasteiger partial charge on any atom is 0.328 e. The molecule has 0 saturated carbocycles. The largest absolute Gasteiger partial charge is 0.467 e. The van der Waals surface area contributed by atoms with E-state index in [1.807, 2.05) is 30.3 Å². The Morgan fingerprint density at radius 1 is 1.12 bits per heavy atom. The average Bonchev–Trinajstić information content (AvgIpc) is 3.06. The van der Waals surface area contributed by atoms with Crippen molar-refractivity contribution in [3.63, 3.8) is 0 Å². The van der Waals surface area contributed by atoms with E-state index in [2.05, 4.69) is 5.32 Å². The predicted octanol–water partition coefficient (Wildman–Crippen LogP) is 3.26. The van der Waals surface area contributed by atoms with E-state index in [9.17, 15) is 14.4 Å². The number of Topliss-reactive ketones (excluding diaryl/α,β-unsaturated/α-hetero) is 1. The van der Waals surface area contributed by atoms with E-state index in [0.29, 0.717) is 15.6 Å². The summed E-state index contributed by atoms with van der Waals surface area (Å²) in [6, 6.07) is 11.8. The molecule has 0 radical (unpaired) electrons. The molecule has 1 aromatic heterocycles. The summed E-state index contributed by atoms with van der Waals surface area (Å²) in [6.07, 6.45) is 0.381. The van der Waals surface area contributed by atoms with Gasteiger partial charge in [-0.2, -0.15) is 0 Å². The fraction of sp³-hybridized carbons (Fsp3) is 0.278. The third kappa shape index (κ3) is 5.99. The normalized spacial score (nSPS) is 11.6. The summed E-state index contributed by atoms with van der Waals surface area (Å²) >= 11 is 6.98. The van der Waals surface area contributed by atoms with Crippen molar-refractivity contribution >= 4 is 40.6 Å². The first-order valence-corrected chi connectivity index (χ1v) is 8.88. The van der Waals surface area contributed by atoms with Gasteiger partial charge in [0.15, 0.2) is 5.78 Å². The third-order valence-electron chi connectivity index (χ3n) is 3.53. The standard InChI is InChI=1S/C18H18ClNO4S/c1-24-18(23)13(11-12-5-3-2-4-6-12)20-17(22)10-7-14(21)15-8-9-16(19)25-15/h2-6,8-9,13H,7,10-11H2,1H3,(H,20,22). The van der Waals surface area contributed by atoms with Crippen molar-refractivity contribution in [2.45, 2.75) is 25.3 Å². The molecule has 1 aromatic carbocycles. The Bertz CT molecular complexity index is 745. The molecule has 132 valence electrons. The van der Waals surface area contributed by atoms with E-state index < -0.39 is 12.0 Å². The highest BCUT2D eigenvalue weighted by molar-refractivity contribution is 7.18. The fourth-order valence-corrected chi connectivity index (χ4v) is 3.28. The second-order valence-electron chi connectivity index (χ2n) is 5.36. The molecule has 0 spiro atoms. The molecular formula is C18H18ClNO4S. The summed E-state index contributed by atoms with van der Waals surface area (Å²) in [5, 5.41) is 2.64. The van der Waals surface area contributed by atoms with Gasteiger partial charge >= 0.3 is 5.97 Å². The van der Waals surface area contributed by atoms with Crippen LogP contribution in [-0.2, 0) is 20.7 Å². The maximum atomic E-state index is 12.1. The van der Waals surface area contributed by atoms with Crippen molar-refractivity contribution < 1.29 is 19.1 Å². The van der Waals surface area contributed by atoms with Gasteiger partial charge in [-0.15, -0.1) is 11.3 Å². The number of hydrogen-bond acceptors (Lipinski definition) is 5. The van der Waals surface area contributed by atoms with Crippen molar-refractivity contribution in [1.82, 2.24) is 5.32 Å². The van der Waals surface area contributed by atoms with Gasteiger partial charge in [-0.3, -0.25) is 9.59 Å². The molecule has 0 fully saturated rings. The maximum absolute atomic E-state index is 12.1. The molecule has 0 aliphatic carbocycles. The number of amides is 1. The molecule has 25 heavy (non-hydrogen) atoms. The molecule has 2 rings (SSSR count). The van der Waals surface area contributed by atoms with E-state index in [1.54, 1.807) is 12.1 Å². The number of halogens is 1. The highest BCUT2D eigenvalue weighted by Crippen LogP contribution is 2.22. The van der Waals surface area contributed by atoms with Crippen LogP contribution in [0.3, 0.4) is 0 Å². The zero-order valence-electron chi connectivity index (χ0n) is 13.7. The molecule has 0 aliphatic heterocycles. The topological polar surface area (TPSA) is 72.5 Å². The SMILES string of the molecule is COC(=O)C(Cc1ccccc1)NC(=O)CCC(=O)c1ccc(Cl)s1. The second-order valence-corrected chi connectivity index (χ2v) is 7.08. The quantitative estimate of drug-likeness (QED) is 0.564. The van der Waals surface area contributed by atoms with Crippen LogP contribution in [0.4, 0.5) is 0 Å². The van der Waals surface area contributed by atoms with Gasteiger partial charge in [-0.25, -0.2) is 4.79 Å². The molecule has 1 heterocycles. The fourth-order valence-electron chi connectivity index (χ4n) is 2.27. The lowest BCUT2D eigenvalue weighted by Crippen LogP contribution is -2.43. The lowest BCUT2D eigenvalue weighted by atomic mass is 10.1. The lowest BCUT2D eigenvalue weighted by Gasteiger charge is -2.16. The third-order valence-corrected chi connectivity index (χ3v) is 4.80. The molecule has 7 heteroatoms. The molecule has 0 aliphatic rings. The van der Waals surface area contributed by atoms with Gasteiger partial charge in [0, 0.05) is 19.3 Å². The summed E-state index contributed by atoms with van der Waals surface area (Å²) in [5.74, 6) is -1.04. The van der Waals surface area contributed by atoms with Crippen molar-refractivity contribution in [3.8, 4) is 0 Å². The van der Waals surface area contributed by atoms with E-state index >= 15 is 0 Å². The van der Waals surface area contributed by atoms with E-state index in [4.69, 9.17) is 16.3 Å². The number of esters is 1. The second kappa shape index (κ2) is 9.34. The smallest absolute Gasteiger partial charge is 0.328 e. The van der Waals surface area contributed by atoms with Crippen molar-refractivity contribution in [2.75, 3.05) is 7.11 Å². The van der Waals surface area contributed by atoms with Gasteiger partial charge in [0.05, 0.1) is 16.3 Å². The Labute approximate surface area is 154 Å². The number of methoxy groups -OCH3 is 1. The molecule has 2 aromatic rings. The number of rotatable bonds is 8. The molecular weight excluding hydrogens is 362 g/mol. The van der Waals surface area contributed by atoms with E-state index in [0.717, 1.165) is 5.56 Å². The van der Waals surface area contributed by atoms with E-state index in [1.165, 1.54) is 18.4 Å². The first-order valence-electron chi connectivity index (χ1n) is 7.69. The van der Waals surface area contributed by atoms with Crippen LogP contribution >= 0.6 is 22.9 Å². The number of carbonyl (C=O) groups excluding carboxylic acids is 3. The Hall–Kier alpha value is -2.18. The number of thiophene rings is 1. The van der Waals surface area contributed by atoms with Gasteiger partial charge in [-0.05, 0) is 17.7 Å². The molecule has 1 amide bonds. The lowest BCUT2D eigenvalue weighted by molar-refractivity contribution is -0.145. The minimum absolute atomic E-state index is 0.00334.